The summed E-state index contributed by atoms with van der Waals surface area (Å²) in [7, 11) is -0.0769. The van der Waals surface area contributed by atoms with Crippen molar-refractivity contribution in [3.63, 3.8) is 0 Å². The van der Waals surface area contributed by atoms with E-state index in [2.05, 4.69) is 38.7 Å². The normalized spacial score (nSPS) is 36.5. The van der Waals surface area contributed by atoms with E-state index in [0.717, 1.165) is 12.8 Å². The Balaban J connectivity index is 1.71. The van der Waals surface area contributed by atoms with Crippen LogP contribution in [0.4, 0.5) is 0 Å². The van der Waals surface area contributed by atoms with E-state index in [9.17, 15) is 0 Å². The van der Waals surface area contributed by atoms with Crippen LogP contribution in [0.25, 0.3) is 0 Å². The van der Waals surface area contributed by atoms with Gasteiger partial charge in [-0.3, -0.25) is 4.98 Å². The molecule has 3 rings (SSSR count). The summed E-state index contributed by atoms with van der Waals surface area (Å²) in [6.07, 6.45) is 3.95. The lowest BCUT2D eigenvalue weighted by molar-refractivity contribution is -0.0118. The van der Waals surface area contributed by atoms with Gasteiger partial charge in [-0.15, -0.1) is 0 Å². The van der Waals surface area contributed by atoms with Crippen molar-refractivity contribution in [3.8, 4) is 0 Å². The molecule has 3 atom stereocenters. The molecule has 0 bridgehead atoms. The molecule has 0 N–H and O–H groups in total. The van der Waals surface area contributed by atoms with Gasteiger partial charge in [0.25, 0.3) is 0 Å². The van der Waals surface area contributed by atoms with E-state index in [1.807, 2.05) is 18.3 Å². The van der Waals surface area contributed by atoms with Crippen molar-refractivity contribution in [3.05, 3.63) is 30.1 Å². The zero-order valence-corrected chi connectivity index (χ0v) is 12.2. The van der Waals surface area contributed by atoms with E-state index < -0.39 is 0 Å². The Bertz CT molecular complexity index is 464. The Morgan fingerprint density at radius 1 is 1.32 bits per heavy atom. The maximum atomic E-state index is 6.24. The highest BCUT2D eigenvalue weighted by Crippen LogP contribution is 2.58. The summed E-state index contributed by atoms with van der Waals surface area (Å²) >= 11 is 0. The van der Waals surface area contributed by atoms with Gasteiger partial charge in [0.2, 0.25) is 0 Å². The molecule has 0 aromatic carbocycles. The molecular formula is C15H22BNO2. The van der Waals surface area contributed by atoms with Crippen molar-refractivity contribution in [2.45, 2.75) is 63.5 Å². The van der Waals surface area contributed by atoms with Crippen molar-refractivity contribution in [1.29, 1.82) is 0 Å². The highest BCUT2D eigenvalue weighted by atomic mass is 16.7. The van der Waals surface area contributed by atoms with Gasteiger partial charge in [-0.05, 0) is 45.7 Å². The second-order valence-corrected chi connectivity index (χ2v) is 6.46. The van der Waals surface area contributed by atoms with Gasteiger partial charge in [0.05, 0.1) is 11.2 Å². The van der Waals surface area contributed by atoms with E-state index >= 15 is 0 Å². The fourth-order valence-corrected chi connectivity index (χ4v) is 2.97. The maximum Gasteiger partial charge on any atom is 0.461 e. The van der Waals surface area contributed by atoms with Gasteiger partial charge in [0, 0.05) is 23.6 Å². The second kappa shape index (κ2) is 4.32. The van der Waals surface area contributed by atoms with Crippen LogP contribution in [-0.4, -0.2) is 23.3 Å². The summed E-state index contributed by atoms with van der Waals surface area (Å²) in [5.74, 6) is 0.962. The van der Waals surface area contributed by atoms with E-state index in [4.69, 9.17) is 9.31 Å². The minimum Gasteiger partial charge on any atom is -0.403 e. The Hall–Kier alpha value is -0.865. The van der Waals surface area contributed by atoms with Crippen LogP contribution in [0.3, 0.4) is 0 Å². The molecule has 1 saturated heterocycles. The third kappa shape index (κ3) is 2.11. The van der Waals surface area contributed by atoms with Gasteiger partial charge in [-0.1, -0.05) is 13.0 Å². The van der Waals surface area contributed by atoms with Crippen molar-refractivity contribution in [2.24, 2.45) is 0 Å². The molecule has 1 saturated carbocycles. The number of hydrogen-bond donors (Lipinski definition) is 0. The van der Waals surface area contributed by atoms with Crippen LogP contribution in [0.2, 0.25) is 5.82 Å². The lowest BCUT2D eigenvalue weighted by Gasteiger charge is -2.35. The van der Waals surface area contributed by atoms with Crippen molar-refractivity contribution >= 4 is 7.12 Å². The molecule has 102 valence electrons. The summed E-state index contributed by atoms with van der Waals surface area (Å²) < 4.78 is 12.4. The fourth-order valence-electron chi connectivity index (χ4n) is 2.97. The third-order valence-corrected chi connectivity index (χ3v) is 4.99. The molecule has 2 heterocycles. The first-order chi connectivity index (χ1) is 8.97. The average molecular weight is 259 g/mol. The molecule has 2 fully saturated rings. The average Bonchev–Trinajstić information content (AvgIpc) is 3.14. The molecule has 1 aliphatic heterocycles. The third-order valence-electron chi connectivity index (χ3n) is 4.99. The standard InChI is InChI=1S/C15H22BNO2/c1-5-15(4)14(2,3)18-16(19-15)12-10-11(12)13-8-6-7-9-17-13/h6-9,11-12H,5,10H2,1-4H3/t11-,12-,15?/m0/s1. The minimum atomic E-state index is -0.219. The maximum absolute atomic E-state index is 6.24. The summed E-state index contributed by atoms with van der Waals surface area (Å²) in [6, 6.07) is 6.11. The quantitative estimate of drug-likeness (QED) is 0.779. The van der Waals surface area contributed by atoms with Gasteiger partial charge < -0.3 is 9.31 Å². The number of hydrogen-bond acceptors (Lipinski definition) is 3. The van der Waals surface area contributed by atoms with Crippen LogP contribution < -0.4 is 0 Å². The molecule has 0 spiro atoms. The zero-order valence-electron chi connectivity index (χ0n) is 12.2. The second-order valence-electron chi connectivity index (χ2n) is 6.46. The highest BCUT2D eigenvalue weighted by molar-refractivity contribution is 6.49. The van der Waals surface area contributed by atoms with Crippen LogP contribution in [0, 0.1) is 0 Å². The van der Waals surface area contributed by atoms with E-state index in [-0.39, 0.29) is 18.3 Å². The van der Waals surface area contributed by atoms with Crippen LogP contribution in [-0.2, 0) is 9.31 Å². The van der Waals surface area contributed by atoms with Gasteiger partial charge in [-0.25, -0.2) is 0 Å². The minimum absolute atomic E-state index is 0.0769. The highest BCUT2D eigenvalue weighted by Gasteiger charge is 2.61. The van der Waals surface area contributed by atoms with E-state index in [0.29, 0.717) is 11.7 Å². The smallest absolute Gasteiger partial charge is 0.403 e. The van der Waals surface area contributed by atoms with Gasteiger partial charge in [-0.2, -0.15) is 0 Å². The first-order valence-corrected chi connectivity index (χ1v) is 7.23. The molecule has 1 aromatic rings. The number of nitrogens with zero attached hydrogens (tertiary/aromatic N) is 1. The Labute approximate surface area is 115 Å². The lowest BCUT2D eigenvalue weighted by atomic mass is 9.80. The molecule has 1 aliphatic carbocycles. The fraction of sp³-hybridized carbons (Fsp3) is 0.667. The zero-order chi connectivity index (χ0) is 13.7. The molecule has 2 aliphatic rings. The lowest BCUT2D eigenvalue weighted by Crippen LogP contribution is -2.44. The molecule has 1 unspecified atom stereocenters. The predicted octanol–water partition coefficient (Wildman–Crippen LogP) is 3.42. The van der Waals surface area contributed by atoms with Gasteiger partial charge in [0.1, 0.15) is 0 Å². The molecule has 3 nitrogen and oxygen atoms in total. The Morgan fingerprint density at radius 3 is 2.68 bits per heavy atom. The SMILES string of the molecule is CCC1(C)OB([C@H]2C[C@@H]2c2ccccn2)OC1(C)C. The summed E-state index contributed by atoms with van der Waals surface area (Å²) in [5, 5.41) is 0. The summed E-state index contributed by atoms with van der Waals surface area (Å²) in [5.41, 5.74) is 0.765. The first kappa shape index (κ1) is 13.1. The van der Waals surface area contributed by atoms with Crippen molar-refractivity contribution < 1.29 is 9.31 Å². The number of aromatic nitrogens is 1. The van der Waals surface area contributed by atoms with Gasteiger partial charge >= 0.3 is 7.12 Å². The summed E-state index contributed by atoms with van der Waals surface area (Å²) in [6.45, 7) is 8.59. The van der Waals surface area contributed by atoms with E-state index in [1.165, 1.54) is 5.69 Å². The summed E-state index contributed by atoms with van der Waals surface area (Å²) in [4.78, 5) is 4.44. The Morgan fingerprint density at radius 2 is 2.11 bits per heavy atom. The van der Waals surface area contributed by atoms with Gasteiger partial charge in [0.15, 0.2) is 0 Å². The van der Waals surface area contributed by atoms with Crippen molar-refractivity contribution in [1.82, 2.24) is 4.98 Å². The molecule has 19 heavy (non-hydrogen) atoms. The molecule has 0 amide bonds. The number of pyridine rings is 1. The molecule has 4 heteroatoms. The molecular weight excluding hydrogens is 237 g/mol. The molecule has 0 radical (unpaired) electrons. The topological polar surface area (TPSA) is 31.4 Å². The van der Waals surface area contributed by atoms with Crippen molar-refractivity contribution in [2.75, 3.05) is 0 Å². The first-order valence-electron chi connectivity index (χ1n) is 7.23. The monoisotopic (exact) mass is 259 g/mol. The van der Waals surface area contributed by atoms with Crippen LogP contribution in [0.1, 0.15) is 52.1 Å². The van der Waals surface area contributed by atoms with Crippen LogP contribution in [0.15, 0.2) is 24.4 Å². The molecule has 1 aromatic heterocycles. The largest absolute Gasteiger partial charge is 0.461 e. The number of rotatable bonds is 3. The Kier molecular flexibility index (Phi) is 2.99. The van der Waals surface area contributed by atoms with Crippen LogP contribution in [0.5, 0.6) is 0 Å². The van der Waals surface area contributed by atoms with Crippen LogP contribution >= 0.6 is 0 Å². The predicted molar refractivity (Wildman–Crippen MR) is 76.0 cm³/mol. The van der Waals surface area contributed by atoms with E-state index in [1.54, 1.807) is 0 Å².